The van der Waals surface area contributed by atoms with Crippen LogP contribution in [-0.2, 0) is 4.79 Å². The Bertz CT molecular complexity index is 1230. The first-order valence-corrected chi connectivity index (χ1v) is 10.7. The molecule has 31 heavy (non-hydrogen) atoms. The van der Waals surface area contributed by atoms with Crippen molar-refractivity contribution in [2.45, 2.75) is 12.1 Å². The Balaban J connectivity index is 1.47. The molecule has 4 rings (SSSR count). The van der Waals surface area contributed by atoms with Gasteiger partial charge in [-0.3, -0.25) is 4.79 Å². The van der Waals surface area contributed by atoms with Gasteiger partial charge in [0, 0.05) is 11.3 Å². The number of hydrogen-bond acceptors (Lipinski definition) is 6. The van der Waals surface area contributed by atoms with E-state index >= 15 is 0 Å². The van der Waals surface area contributed by atoms with Crippen LogP contribution in [0.25, 0.3) is 16.9 Å². The molecule has 0 aliphatic heterocycles. The average molecular weight is 458 g/mol. The molecule has 0 radical (unpaired) electrons. The Morgan fingerprint density at radius 2 is 1.97 bits per heavy atom. The number of rotatable bonds is 7. The van der Waals surface area contributed by atoms with Crippen LogP contribution in [0.1, 0.15) is 6.92 Å². The lowest BCUT2D eigenvalue weighted by Gasteiger charge is -2.06. The van der Waals surface area contributed by atoms with Crippen LogP contribution < -0.4 is 10.1 Å². The summed E-state index contributed by atoms with van der Waals surface area (Å²) in [5.74, 6) is -0.0628. The van der Waals surface area contributed by atoms with Gasteiger partial charge in [-0.1, -0.05) is 23.4 Å². The zero-order chi connectivity index (χ0) is 21.8. The van der Waals surface area contributed by atoms with E-state index in [4.69, 9.17) is 16.3 Å². The largest absolute Gasteiger partial charge is 0.494 e. The van der Waals surface area contributed by atoms with E-state index in [2.05, 4.69) is 20.6 Å². The Morgan fingerprint density at radius 1 is 1.16 bits per heavy atom. The number of amides is 1. The number of carbonyl (C=O) groups is 1. The third-order valence-electron chi connectivity index (χ3n) is 4.23. The number of nitrogens with one attached hydrogen (secondary N) is 1. The molecule has 0 atom stereocenters. The molecule has 0 unspecified atom stereocenters. The standard InChI is InChI=1S/C21H17ClFN5O2S/c1-2-30-15-6-3-13(4-7-15)18-9-10-19-25-26-21(28(19)27-18)31-12-20(29)24-14-5-8-16(22)17(23)11-14/h3-11H,2,12H2,1H3,(H,24,29). The number of carbonyl (C=O) groups excluding carboxylic acids is 1. The Kier molecular flexibility index (Phi) is 6.34. The highest BCUT2D eigenvalue weighted by Crippen LogP contribution is 2.23. The predicted octanol–water partition coefficient (Wildman–Crippen LogP) is 4.71. The summed E-state index contributed by atoms with van der Waals surface area (Å²) in [7, 11) is 0. The number of thioether (sulfide) groups is 1. The van der Waals surface area contributed by atoms with Crippen LogP contribution in [0.2, 0.25) is 5.02 Å². The molecule has 10 heteroatoms. The Labute approximate surface area is 186 Å². The number of nitrogens with zero attached hydrogens (tertiary/aromatic N) is 4. The minimum Gasteiger partial charge on any atom is -0.494 e. The van der Waals surface area contributed by atoms with Crippen LogP contribution in [0, 0.1) is 5.82 Å². The van der Waals surface area contributed by atoms with E-state index in [0.29, 0.717) is 23.1 Å². The van der Waals surface area contributed by atoms with Crippen LogP contribution in [-0.4, -0.2) is 38.1 Å². The maximum Gasteiger partial charge on any atom is 0.234 e. The van der Waals surface area contributed by atoms with Gasteiger partial charge in [0.25, 0.3) is 0 Å². The van der Waals surface area contributed by atoms with Crippen LogP contribution in [0.4, 0.5) is 10.1 Å². The summed E-state index contributed by atoms with van der Waals surface area (Å²) in [4.78, 5) is 12.2. The van der Waals surface area contributed by atoms with Crippen molar-refractivity contribution in [3.8, 4) is 17.0 Å². The highest BCUT2D eigenvalue weighted by Gasteiger charge is 2.12. The normalized spacial score (nSPS) is 10.9. The van der Waals surface area contributed by atoms with Crippen molar-refractivity contribution in [1.29, 1.82) is 0 Å². The molecular formula is C21H17ClFN5O2S. The SMILES string of the molecule is CCOc1ccc(-c2ccc3nnc(SCC(=O)Nc4ccc(Cl)c(F)c4)n3n2)cc1. The minimum atomic E-state index is -0.596. The molecule has 4 aromatic rings. The molecule has 0 aliphatic carbocycles. The second-order valence-corrected chi connectivity index (χ2v) is 7.74. The molecule has 2 heterocycles. The van der Waals surface area contributed by atoms with Gasteiger partial charge < -0.3 is 10.1 Å². The number of hydrogen-bond donors (Lipinski definition) is 1. The van der Waals surface area contributed by atoms with Crippen LogP contribution >= 0.6 is 23.4 Å². The minimum absolute atomic E-state index is 0.00304. The van der Waals surface area contributed by atoms with Gasteiger partial charge in [0.05, 0.1) is 23.1 Å². The topological polar surface area (TPSA) is 81.4 Å². The summed E-state index contributed by atoms with van der Waals surface area (Å²) in [6, 6.07) is 15.4. The zero-order valence-electron chi connectivity index (χ0n) is 16.4. The molecule has 1 amide bonds. The lowest BCUT2D eigenvalue weighted by molar-refractivity contribution is -0.113. The van der Waals surface area contributed by atoms with Crippen molar-refractivity contribution >= 4 is 40.6 Å². The monoisotopic (exact) mass is 457 g/mol. The van der Waals surface area contributed by atoms with Crippen molar-refractivity contribution in [2.75, 3.05) is 17.7 Å². The molecule has 2 aromatic heterocycles. The van der Waals surface area contributed by atoms with E-state index in [-0.39, 0.29) is 16.7 Å². The van der Waals surface area contributed by atoms with E-state index in [0.717, 1.165) is 17.0 Å². The van der Waals surface area contributed by atoms with E-state index < -0.39 is 5.82 Å². The molecule has 0 aliphatic rings. The van der Waals surface area contributed by atoms with Gasteiger partial charge in [-0.2, -0.15) is 9.61 Å². The maximum atomic E-state index is 13.5. The molecule has 2 aromatic carbocycles. The number of benzene rings is 2. The van der Waals surface area contributed by atoms with Gasteiger partial charge in [-0.15, -0.1) is 10.2 Å². The van der Waals surface area contributed by atoms with E-state index in [1.165, 1.54) is 30.0 Å². The van der Waals surface area contributed by atoms with Gasteiger partial charge >= 0.3 is 0 Å². The van der Waals surface area contributed by atoms with Crippen molar-refractivity contribution in [1.82, 2.24) is 19.8 Å². The zero-order valence-corrected chi connectivity index (χ0v) is 18.0. The van der Waals surface area contributed by atoms with Gasteiger partial charge in [-0.05, 0) is 61.5 Å². The summed E-state index contributed by atoms with van der Waals surface area (Å²) >= 11 is 6.84. The first-order chi connectivity index (χ1) is 15.0. The lowest BCUT2D eigenvalue weighted by Crippen LogP contribution is -2.14. The summed E-state index contributed by atoms with van der Waals surface area (Å²) in [5.41, 5.74) is 2.54. The number of halogens is 2. The smallest absolute Gasteiger partial charge is 0.234 e. The van der Waals surface area contributed by atoms with Gasteiger partial charge in [0.1, 0.15) is 11.6 Å². The van der Waals surface area contributed by atoms with Crippen LogP contribution in [0.5, 0.6) is 5.75 Å². The van der Waals surface area contributed by atoms with E-state index in [1.54, 1.807) is 4.52 Å². The third kappa shape index (κ3) is 4.95. The number of fused-ring (bicyclic) bond motifs is 1. The second-order valence-electron chi connectivity index (χ2n) is 6.39. The average Bonchev–Trinajstić information content (AvgIpc) is 3.18. The fourth-order valence-corrected chi connectivity index (χ4v) is 3.61. The fourth-order valence-electron chi connectivity index (χ4n) is 2.80. The van der Waals surface area contributed by atoms with Crippen molar-refractivity contribution in [3.63, 3.8) is 0 Å². The Morgan fingerprint density at radius 3 is 2.71 bits per heavy atom. The summed E-state index contributed by atoms with van der Waals surface area (Å²) in [5, 5.41) is 15.9. The fraction of sp³-hybridized carbons (Fsp3) is 0.143. The van der Waals surface area contributed by atoms with Gasteiger partial charge in [0.2, 0.25) is 11.1 Å². The quantitative estimate of drug-likeness (QED) is 0.405. The predicted molar refractivity (Wildman–Crippen MR) is 118 cm³/mol. The highest BCUT2D eigenvalue weighted by atomic mass is 35.5. The van der Waals surface area contributed by atoms with Crippen LogP contribution in [0.15, 0.2) is 59.8 Å². The summed E-state index contributed by atoms with van der Waals surface area (Å²) in [6.45, 7) is 2.54. The molecule has 0 saturated heterocycles. The Hall–Kier alpha value is -3.17. The molecule has 0 bridgehead atoms. The summed E-state index contributed by atoms with van der Waals surface area (Å²) in [6.07, 6.45) is 0. The van der Waals surface area contributed by atoms with Crippen molar-refractivity contribution in [3.05, 3.63) is 65.4 Å². The molecule has 1 N–H and O–H groups in total. The molecule has 0 saturated carbocycles. The van der Waals surface area contributed by atoms with E-state index in [9.17, 15) is 9.18 Å². The van der Waals surface area contributed by atoms with Gasteiger partial charge in [0.15, 0.2) is 5.65 Å². The first-order valence-electron chi connectivity index (χ1n) is 9.37. The third-order valence-corrected chi connectivity index (χ3v) is 5.46. The second kappa shape index (κ2) is 9.32. The van der Waals surface area contributed by atoms with E-state index in [1.807, 2.05) is 43.3 Å². The maximum absolute atomic E-state index is 13.5. The number of anilines is 1. The molecule has 0 spiro atoms. The number of ether oxygens (including phenoxy) is 1. The molecule has 0 fully saturated rings. The van der Waals surface area contributed by atoms with Crippen LogP contribution in [0.3, 0.4) is 0 Å². The van der Waals surface area contributed by atoms with Crippen molar-refractivity contribution < 1.29 is 13.9 Å². The first kappa shape index (κ1) is 21.1. The molecule has 158 valence electrons. The molecule has 7 nitrogen and oxygen atoms in total. The van der Waals surface area contributed by atoms with Crippen molar-refractivity contribution in [2.24, 2.45) is 0 Å². The van der Waals surface area contributed by atoms with Gasteiger partial charge in [-0.25, -0.2) is 4.39 Å². The highest BCUT2D eigenvalue weighted by molar-refractivity contribution is 7.99. The molecular weight excluding hydrogens is 441 g/mol. The lowest BCUT2D eigenvalue weighted by atomic mass is 10.1. The number of aromatic nitrogens is 4. The summed E-state index contributed by atoms with van der Waals surface area (Å²) < 4.78 is 20.6.